The predicted octanol–water partition coefficient (Wildman–Crippen LogP) is 16.1. The monoisotopic (exact) mass is 1040 g/mol. The van der Waals surface area contributed by atoms with Crippen LogP contribution in [0.5, 0.6) is 0 Å². The van der Waals surface area contributed by atoms with E-state index in [1.807, 2.05) is 21.1 Å². The highest BCUT2D eigenvalue weighted by atomic mass is 16.7. The van der Waals surface area contributed by atoms with Crippen LogP contribution in [-0.4, -0.2) is 82.3 Å². The van der Waals surface area contributed by atoms with Crippen molar-refractivity contribution in [2.75, 3.05) is 47.5 Å². The summed E-state index contributed by atoms with van der Waals surface area (Å²) in [6.07, 6.45) is 76.5. The van der Waals surface area contributed by atoms with Crippen LogP contribution in [0.3, 0.4) is 0 Å². The smallest absolute Gasteiger partial charge is 0.306 e. The average Bonchev–Trinajstić information content (AvgIpc) is 3.38. The number of esters is 2. The molecule has 0 bridgehead atoms. The summed E-state index contributed by atoms with van der Waals surface area (Å²) in [6.45, 7) is 4.57. The Morgan fingerprint density at radius 2 is 0.760 bits per heavy atom. The van der Waals surface area contributed by atoms with E-state index in [2.05, 4.69) is 148 Å². The van der Waals surface area contributed by atoms with Crippen LogP contribution in [0, 0.1) is 0 Å². The molecule has 0 fully saturated rings. The van der Waals surface area contributed by atoms with Crippen LogP contribution in [0.15, 0.2) is 134 Å². The number of carboxylic acid groups (broad SMARTS) is 1. The molecular formula is C66H107NO8. The van der Waals surface area contributed by atoms with E-state index < -0.39 is 24.3 Å². The fourth-order valence-corrected chi connectivity index (χ4v) is 7.42. The lowest BCUT2D eigenvalue weighted by molar-refractivity contribution is -0.870. The number of carbonyl (C=O) groups is 3. The summed E-state index contributed by atoms with van der Waals surface area (Å²) in [7, 11) is 5.90. The Morgan fingerprint density at radius 3 is 1.13 bits per heavy atom. The summed E-state index contributed by atoms with van der Waals surface area (Å²) in [4.78, 5) is 37.2. The zero-order valence-electron chi connectivity index (χ0n) is 48.1. The number of quaternary nitrogens is 1. The van der Waals surface area contributed by atoms with Crippen LogP contribution in [0.2, 0.25) is 0 Å². The minimum Gasteiger partial charge on any atom is -0.545 e. The number of nitrogens with zero attached hydrogens (tertiary/aromatic N) is 1. The SMILES string of the molecule is CC/C=C\C/C=C\C/C=C\C/C=C\C/C=C\C/C=C\C/C=C\C/C=C\C/C=C\C/C=C\C/C=C\CCCCCC(=O)OC(COC(=O)CCCCCCCCCCCCCCC)COC(OCC[N+](C)(C)C)C(=O)[O-]. The summed E-state index contributed by atoms with van der Waals surface area (Å²) >= 11 is 0. The third kappa shape index (κ3) is 57.0. The van der Waals surface area contributed by atoms with Crippen LogP contribution < -0.4 is 5.11 Å². The molecule has 0 heterocycles. The predicted molar refractivity (Wildman–Crippen MR) is 315 cm³/mol. The molecule has 424 valence electrons. The number of rotatable bonds is 52. The van der Waals surface area contributed by atoms with E-state index in [1.165, 1.54) is 64.2 Å². The summed E-state index contributed by atoms with van der Waals surface area (Å²) < 4.78 is 22.6. The quantitative estimate of drug-likeness (QED) is 0.0195. The van der Waals surface area contributed by atoms with Crippen LogP contribution >= 0.6 is 0 Å². The van der Waals surface area contributed by atoms with Gasteiger partial charge in [0.05, 0.1) is 40.3 Å². The first-order valence-corrected chi connectivity index (χ1v) is 29.3. The molecule has 0 aliphatic heterocycles. The molecule has 0 aromatic carbocycles. The Hall–Kier alpha value is -4.57. The Kier molecular flexibility index (Phi) is 52.3. The third-order valence-corrected chi connectivity index (χ3v) is 11.9. The lowest BCUT2D eigenvalue weighted by Crippen LogP contribution is -2.44. The zero-order valence-corrected chi connectivity index (χ0v) is 48.1. The first-order chi connectivity index (χ1) is 36.6. The van der Waals surface area contributed by atoms with E-state index in [9.17, 15) is 19.5 Å². The number of likely N-dealkylation sites (N-methyl/N-ethyl adjacent to an activating group) is 1. The van der Waals surface area contributed by atoms with Gasteiger partial charge in [-0.1, -0.05) is 231 Å². The molecular weight excluding hydrogens is 935 g/mol. The molecule has 0 saturated carbocycles. The lowest BCUT2D eigenvalue weighted by atomic mass is 10.0. The molecule has 0 amide bonds. The van der Waals surface area contributed by atoms with Crippen molar-refractivity contribution in [3.63, 3.8) is 0 Å². The van der Waals surface area contributed by atoms with Crippen molar-refractivity contribution in [2.24, 2.45) is 0 Å². The molecule has 0 rings (SSSR count). The molecule has 0 N–H and O–H groups in total. The van der Waals surface area contributed by atoms with Crippen molar-refractivity contribution in [2.45, 2.75) is 219 Å². The highest BCUT2D eigenvalue weighted by molar-refractivity contribution is 5.70. The molecule has 0 radical (unpaired) electrons. The van der Waals surface area contributed by atoms with Gasteiger partial charge in [0.1, 0.15) is 13.2 Å². The van der Waals surface area contributed by atoms with Gasteiger partial charge < -0.3 is 33.3 Å². The fourth-order valence-electron chi connectivity index (χ4n) is 7.42. The number of carboxylic acids is 1. The van der Waals surface area contributed by atoms with Gasteiger partial charge in [-0.2, -0.15) is 0 Å². The molecule has 0 aliphatic rings. The zero-order chi connectivity index (χ0) is 54.8. The van der Waals surface area contributed by atoms with Gasteiger partial charge in [-0.3, -0.25) is 9.59 Å². The number of ether oxygens (including phenoxy) is 4. The summed E-state index contributed by atoms with van der Waals surface area (Å²) in [5.41, 5.74) is 0. The second-order valence-corrected chi connectivity index (χ2v) is 20.2. The summed E-state index contributed by atoms with van der Waals surface area (Å²) in [5.74, 6) is -2.34. The van der Waals surface area contributed by atoms with Crippen LogP contribution in [0.1, 0.15) is 206 Å². The second-order valence-electron chi connectivity index (χ2n) is 20.2. The summed E-state index contributed by atoms with van der Waals surface area (Å²) in [5, 5.41) is 11.7. The van der Waals surface area contributed by atoms with E-state index in [-0.39, 0.29) is 38.6 Å². The number of unbranched alkanes of at least 4 members (excludes halogenated alkanes) is 15. The number of hydrogen-bond donors (Lipinski definition) is 0. The van der Waals surface area contributed by atoms with Gasteiger partial charge in [-0.25, -0.2) is 0 Å². The lowest BCUT2D eigenvalue weighted by Gasteiger charge is -2.26. The van der Waals surface area contributed by atoms with Gasteiger partial charge in [0.15, 0.2) is 12.4 Å². The Labute approximate surface area is 459 Å². The molecule has 2 unspecified atom stereocenters. The van der Waals surface area contributed by atoms with Crippen molar-refractivity contribution in [1.82, 2.24) is 0 Å². The first-order valence-electron chi connectivity index (χ1n) is 29.3. The maximum absolute atomic E-state index is 12.8. The van der Waals surface area contributed by atoms with Gasteiger partial charge in [0.25, 0.3) is 0 Å². The summed E-state index contributed by atoms with van der Waals surface area (Å²) in [6, 6.07) is 0. The molecule has 75 heavy (non-hydrogen) atoms. The van der Waals surface area contributed by atoms with E-state index in [4.69, 9.17) is 18.9 Å². The standard InChI is InChI=1S/C66H107NO8/c1-6-8-10-12-14-16-18-20-21-22-23-24-25-26-27-28-29-30-31-32-33-34-35-36-37-38-39-40-41-42-43-45-47-49-51-53-55-57-64(69)75-62(61-74-66(65(70)71)72-59-58-67(3,4)5)60-73-63(68)56-54-52-50-48-46-44-19-17-15-13-11-9-7-2/h8,10,14,16,20-21,23-24,26-27,29-30,32-33,35-36,38-39,41-42,45,47,62,66H,6-7,9,11-13,15,17-19,22,25,28,31,34,37,40,43-44,46,48-61H2,1-5H3/b10-8-,16-14-,21-20-,24-23-,27-26-,30-29-,33-32-,36-35-,39-38-,42-41-,47-45-. The van der Waals surface area contributed by atoms with Crippen molar-refractivity contribution in [3.05, 3.63) is 134 Å². The molecule has 2 atom stereocenters. The van der Waals surface area contributed by atoms with Gasteiger partial charge in [0.2, 0.25) is 0 Å². The highest BCUT2D eigenvalue weighted by Gasteiger charge is 2.22. The van der Waals surface area contributed by atoms with Crippen molar-refractivity contribution < 1.29 is 42.9 Å². The van der Waals surface area contributed by atoms with Gasteiger partial charge >= 0.3 is 11.9 Å². The van der Waals surface area contributed by atoms with Crippen LogP contribution in [0.4, 0.5) is 0 Å². The van der Waals surface area contributed by atoms with Gasteiger partial charge in [-0.15, -0.1) is 0 Å². The minimum absolute atomic E-state index is 0.135. The molecule has 0 aromatic rings. The number of allylic oxidation sites excluding steroid dienone is 22. The molecule has 9 nitrogen and oxygen atoms in total. The Morgan fingerprint density at radius 1 is 0.413 bits per heavy atom. The normalized spacial score (nSPS) is 13.8. The van der Waals surface area contributed by atoms with Crippen LogP contribution in [-0.2, 0) is 33.3 Å². The van der Waals surface area contributed by atoms with E-state index in [1.54, 1.807) is 0 Å². The Balaban J connectivity index is 4.29. The van der Waals surface area contributed by atoms with Gasteiger partial charge in [0, 0.05) is 12.8 Å². The molecule has 9 heteroatoms. The van der Waals surface area contributed by atoms with E-state index in [0.717, 1.165) is 109 Å². The van der Waals surface area contributed by atoms with Gasteiger partial charge in [-0.05, 0) is 96.3 Å². The second kappa shape index (κ2) is 55.7. The maximum atomic E-state index is 12.8. The number of carbonyl (C=O) groups excluding carboxylic acids is 3. The van der Waals surface area contributed by atoms with Crippen molar-refractivity contribution >= 4 is 17.9 Å². The van der Waals surface area contributed by atoms with Crippen molar-refractivity contribution in [3.8, 4) is 0 Å². The molecule has 0 spiro atoms. The van der Waals surface area contributed by atoms with E-state index in [0.29, 0.717) is 17.4 Å². The molecule has 0 aliphatic carbocycles. The first kappa shape index (κ1) is 70.4. The minimum atomic E-state index is -1.64. The van der Waals surface area contributed by atoms with Crippen molar-refractivity contribution in [1.29, 1.82) is 0 Å². The number of aliphatic carboxylic acids is 1. The average molecular weight is 1040 g/mol. The largest absolute Gasteiger partial charge is 0.545 e. The highest BCUT2D eigenvalue weighted by Crippen LogP contribution is 2.14. The maximum Gasteiger partial charge on any atom is 0.306 e. The van der Waals surface area contributed by atoms with E-state index >= 15 is 0 Å². The Bertz CT molecular complexity index is 1690. The molecule has 0 saturated heterocycles. The topological polar surface area (TPSA) is 111 Å². The molecule has 0 aromatic heterocycles. The fraction of sp³-hybridized carbons (Fsp3) is 0.621. The van der Waals surface area contributed by atoms with Crippen LogP contribution in [0.25, 0.3) is 0 Å². The number of hydrogen-bond acceptors (Lipinski definition) is 8. The third-order valence-electron chi connectivity index (χ3n) is 11.9.